The van der Waals surface area contributed by atoms with E-state index in [0.29, 0.717) is 34.4 Å². The molecule has 146 valence electrons. The Hall–Kier alpha value is -3.42. The maximum Gasteiger partial charge on any atom is 0.231 e. The molecule has 4 rings (SSSR count). The average molecular weight is 384 g/mol. The van der Waals surface area contributed by atoms with Crippen molar-refractivity contribution in [3.05, 3.63) is 36.4 Å². The van der Waals surface area contributed by atoms with Crippen LogP contribution in [0.2, 0.25) is 0 Å². The van der Waals surface area contributed by atoms with Crippen LogP contribution in [-0.4, -0.2) is 39.4 Å². The number of carbonyl (C=O) groups excluding carboxylic acids is 2. The van der Waals surface area contributed by atoms with Crippen molar-refractivity contribution in [3.8, 4) is 23.0 Å². The predicted octanol–water partition coefficient (Wildman–Crippen LogP) is 2.42. The van der Waals surface area contributed by atoms with Crippen molar-refractivity contribution in [2.24, 2.45) is 5.92 Å². The number of benzene rings is 2. The van der Waals surface area contributed by atoms with Gasteiger partial charge in [-0.3, -0.25) is 9.59 Å². The van der Waals surface area contributed by atoms with Crippen molar-refractivity contribution in [2.75, 3.05) is 37.8 Å². The minimum Gasteiger partial charge on any atom is -0.497 e. The molecule has 2 aromatic rings. The minimum absolute atomic E-state index is 0.122. The molecule has 0 spiro atoms. The summed E-state index contributed by atoms with van der Waals surface area (Å²) >= 11 is 0. The lowest BCUT2D eigenvalue weighted by molar-refractivity contribution is -0.122. The highest BCUT2D eigenvalue weighted by atomic mass is 16.7. The summed E-state index contributed by atoms with van der Waals surface area (Å²) in [7, 11) is 3.09. The van der Waals surface area contributed by atoms with Gasteiger partial charge in [0.15, 0.2) is 11.5 Å². The van der Waals surface area contributed by atoms with Gasteiger partial charge in [0, 0.05) is 30.8 Å². The van der Waals surface area contributed by atoms with Gasteiger partial charge in [-0.25, -0.2) is 0 Å². The van der Waals surface area contributed by atoms with Gasteiger partial charge in [-0.1, -0.05) is 0 Å². The first-order chi connectivity index (χ1) is 13.6. The molecule has 0 saturated carbocycles. The summed E-state index contributed by atoms with van der Waals surface area (Å²) in [5, 5.41) is 2.85. The van der Waals surface area contributed by atoms with Crippen LogP contribution >= 0.6 is 0 Å². The van der Waals surface area contributed by atoms with Crippen LogP contribution in [0.25, 0.3) is 0 Å². The van der Waals surface area contributed by atoms with Crippen molar-refractivity contribution in [3.63, 3.8) is 0 Å². The number of methoxy groups -OCH3 is 2. The Bertz CT molecular complexity index is 929. The van der Waals surface area contributed by atoms with Crippen LogP contribution in [0.3, 0.4) is 0 Å². The summed E-state index contributed by atoms with van der Waals surface area (Å²) in [5.41, 5.74) is 1.18. The van der Waals surface area contributed by atoms with Gasteiger partial charge in [0.2, 0.25) is 18.6 Å². The first kappa shape index (κ1) is 18.0. The molecule has 8 heteroatoms. The third kappa shape index (κ3) is 3.28. The Balaban J connectivity index is 1.49. The fraction of sp³-hybridized carbons (Fsp3) is 0.300. The lowest BCUT2D eigenvalue weighted by Gasteiger charge is -2.20. The van der Waals surface area contributed by atoms with Crippen molar-refractivity contribution in [2.45, 2.75) is 6.42 Å². The third-order valence-electron chi connectivity index (χ3n) is 4.81. The highest BCUT2D eigenvalue weighted by molar-refractivity contribution is 6.04. The van der Waals surface area contributed by atoms with Gasteiger partial charge in [-0.15, -0.1) is 0 Å². The van der Waals surface area contributed by atoms with Crippen LogP contribution in [0, 0.1) is 5.92 Å². The van der Waals surface area contributed by atoms with Crippen LogP contribution in [0.1, 0.15) is 6.42 Å². The van der Waals surface area contributed by atoms with Crippen molar-refractivity contribution < 1.29 is 28.5 Å². The fourth-order valence-electron chi connectivity index (χ4n) is 3.34. The summed E-state index contributed by atoms with van der Waals surface area (Å²) in [5.74, 6) is 1.54. The van der Waals surface area contributed by atoms with E-state index in [-0.39, 0.29) is 31.6 Å². The van der Waals surface area contributed by atoms with E-state index in [0.717, 1.165) is 0 Å². The number of carbonyl (C=O) groups is 2. The predicted molar refractivity (Wildman–Crippen MR) is 101 cm³/mol. The second kappa shape index (κ2) is 7.30. The van der Waals surface area contributed by atoms with Gasteiger partial charge in [0.1, 0.15) is 11.5 Å². The number of hydrogen-bond donors (Lipinski definition) is 1. The maximum atomic E-state index is 12.7. The Morgan fingerprint density at radius 1 is 1.11 bits per heavy atom. The van der Waals surface area contributed by atoms with Crippen LogP contribution in [0.15, 0.2) is 36.4 Å². The fourth-order valence-corrected chi connectivity index (χ4v) is 3.34. The Morgan fingerprint density at radius 3 is 2.71 bits per heavy atom. The molecule has 2 amide bonds. The lowest BCUT2D eigenvalue weighted by Crippen LogP contribution is -2.28. The number of rotatable bonds is 5. The molecule has 1 N–H and O–H groups in total. The van der Waals surface area contributed by atoms with Crippen LogP contribution in [0.5, 0.6) is 23.0 Å². The van der Waals surface area contributed by atoms with Crippen molar-refractivity contribution in [1.29, 1.82) is 0 Å². The number of nitrogens with zero attached hydrogens (tertiary/aromatic N) is 1. The van der Waals surface area contributed by atoms with Gasteiger partial charge in [-0.05, 0) is 24.3 Å². The molecule has 0 aromatic heterocycles. The molecule has 1 atom stereocenters. The summed E-state index contributed by atoms with van der Waals surface area (Å²) in [4.78, 5) is 26.8. The van der Waals surface area contributed by atoms with E-state index in [4.69, 9.17) is 18.9 Å². The largest absolute Gasteiger partial charge is 0.497 e. The number of ether oxygens (including phenoxy) is 4. The number of hydrogen-bond acceptors (Lipinski definition) is 6. The molecule has 2 heterocycles. The molecule has 0 aliphatic carbocycles. The zero-order chi connectivity index (χ0) is 19.7. The monoisotopic (exact) mass is 384 g/mol. The maximum absolute atomic E-state index is 12.7. The normalized spacial score (nSPS) is 17.6. The van der Waals surface area contributed by atoms with E-state index in [1.54, 1.807) is 48.4 Å². The molecular formula is C20H20N2O6. The molecule has 2 aromatic carbocycles. The van der Waals surface area contributed by atoms with Gasteiger partial charge >= 0.3 is 0 Å². The molecule has 8 nitrogen and oxygen atoms in total. The first-order valence-corrected chi connectivity index (χ1v) is 8.82. The number of anilines is 2. The van der Waals surface area contributed by atoms with Gasteiger partial charge in [0.05, 0.1) is 25.8 Å². The highest BCUT2D eigenvalue weighted by Crippen LogP contribution is 2.37. The molecular weight excluding hydrogens is 364 g/mol. The molecule has 0 radical (unpaired) electrons. The van der Waals surface area contributed by atoms with E-state index >= 15 is 0 Å². The average Bonchev–Trinajstić information content (AvgIpc) is 3.33. The third-order valence-corrected chi connectivity index (χ3v) is 4.81. The molecule has 1 saturated heterocycles. The topological polar surface area (TPSA) is 86.3 Å². The molecule has 28 heavy (non-hydrogen) atoms. The molecule has 0 bridgehead atoms. The highest BCUT2D eigenvalue weighted by Gasteiger charge is 2.36. The summed E-state index contributed by atoms with van der Waals surface area (Å²) in [6.07, 6.45) is 0.122. The SMILES string of the molecule is COc1ccc(OC)c(N2CC(C(=O)Nc3ccc4c(c3)OCO4)CC2=O)c1. The van der Waals surface area contributed by atoms with E-state index in [2.05, 4.69) is 5.32 Å². The second-order valence-electron chi connectivity index (χ2n) is 6.50. The summed E-state index contributed by atoms with van der Waals surface area (Å²) in [6, 6.07) is 10.4. The van der Waals surface area contributed by atoms with Crippen LogP contribution < -0.4 is 29.2 Å². The molecule has 2 aliphatic heterocycles. The van der Waals surface area contributed by atoms with Gasteiger partial charge in [0.25, 0.3) is 0 Å². The Morgan fingerprint density at radius 2 is 1.93 bits per heavy atom. The quantitative estimate of drug-likeness (QED) is 0.852. The Kier molecular flexibility index (Phi) is 4.68. The summed E-state index contributed by atoms with van der Waals surface area (Å²) in [6.45, 7) is 0.430. The number of nitrogens with one attached hydrogen (secondary N) is 1. The van der Waals surface area contributed by atoms with E-state index < -0.39 is 5.92 Å². The van der Waals surface area contributed by atoms with Crippen molar-refractivity contribution >= 4 is 23.2 Å². The standard InChI is InChI=1S/C20H20N2O6/c1-25-14-4-6-16(26-2)15(9-14)22-10-12(7-19(22)23)20(24)21-13-3-5-17-18(8-13)28-11-27-17/h3-6,8-9,12H,7,10-11H2,1-2H3,(H,21,24). The minimum atomic E-state index is -0.478. The van der Waals surface area contributed by atoms with Gasteiger partial charge in [-0.2, -0.15) is 0 Å². The zero-order valence-electron chi connectivity index (χ0n) is 15.6. The number of amides is 2. The van der Waals surface area contributed by atoms with Crippen molar-refractivity contribution in [1.82, 2.24) is 0 Å². The molecule has 2 aliphatic rings. The first-order valence-electron chi connectivity index (χ1n) is 8.82. The molecule has 1 unspecified atom stereocenters. The van der Waals surface area contributed by atoms with E-state index in [1.807, 2.05) is 0 Å². The second-order valence-corrected chi connectivity index (χ2v) is 6.50. The van der Waals surface area contributed by atoms with Gasteiger partial charge < -0.3 is 29.2 Å². The molecule has 1 fully saturated rings. The van der Waals surface area contributed by atoms with Crippen LogP contribution in [-0.2, 0) is 9.59 Å². The smallest absolute Gasteiger partial charge is 0.231 e. The van der Waals surface area contributed by atoms with E-state index in [1.165, 1.54) is 7.11 Å². The summed E-state index contributed by atoms with van der Waals surface area (Å²) < 4.78 is 21.2. The Labute approximate surface area is 161 Å². The van der Waals surface area contributed by atoms with Crippen LogP contribution in [0.4, 0.5) is 11.4 Å². The lowest BCUT2D eigenvalue weighted by atomic mass is 10.1. The van der Waals surface area contributed by atoms with E-state index in [9.17, 15) is 9.59 Å². The number of fused-ring (bicyclic) bond motifs is 1. The zero-order valence-corrected chi connectivity index (χ0v) is 15.6.